The van der Waals surface area contributed by atoms with Crippen molar-refractivity contribution in [3.05, 3.63) is 34.9 Å². The maximum atomic E-state index is 5.43. The van der Waals surface area contributed by atoms with Gasteiger partial charge in [0.1, 0.15) is 0 Å². The number of nitrogens with zero attached hydrogens (tertiary/aromatic N) is 1. The number of hydrogen-bond donors (Lipinski definition) is 1. The first kappa shape index (κ1) is 12.6. The molecule has 0 unspecified atom stereocenters. The van der Waals surface area contributed by atoms with Crippen molar-refractivity contribution in [1.82, 2.24) is 10.2 Å². The second-order valence-electron chi connectivity index (χ2n) is 4.69. The summed E-state index contributed by atoms with van der Waals surface area (Å²) in [6.45, 7) is 7.90. The first-order valence-electron chi connectivity index (χ1n) is 6.37. The zero-order valence-corrected chi connectivity index (χ0v) is 10.8. The van der Waals surface area contributed by atoms with Crippen LogP contribution in [0, 0.1) is 0 Å². The van der Waals surface area contributed by atoms with E-state index in [-0.39, 0.29) is 0 Å². The number of ether oxygens (including phenoxy) is 1. The number of hydrogen-bond acceptors (Lipinski definition) is 3. The Kier molecular flexibility index (Phi) is 4.54. The fourth-order valence-electron chi connectivity index (χ4n) is 2.16. The highest BCUT2D eigenvalue weighted by molar-refractivity contribution is 5.33. The second-order valence-corrected chi connectivity index (χ2v) is 4.69. The molecular weight excluding hydrogens is 212 g/mol. The summed E-state index contributed by atoms with van der Waals surface area (Å²) < 4.78 is 5.43. The summed E-state index contributed by atoms with van der Waals surface area (Å²) in [7, 11) is 2.17. The molecule has 3 nitrogen and oxygen atoms in total. The molecule has 17 heavy (non-hydrogen) atoms. The molecule has 1 aromatic rings. The third kappa shape index (κ3) is 3.53. The Morgan fingerprint density at radius 2 is 2.12 bits per heavy atom. The van der Waals surface area contributed by atoms with E-state index < -0.39 is 0 Å². The fourth-order valence-corrected chi connectivity index (χ4v) is 2.16. The van der Waals surface area contributed by atoms with Gasteiger partial charge in [-0.3, -0.25) is 0 Å². The maximum Gasteiger partial charge on any atom is 0.0725 e. The topological polar surface area (TPSA) is 24.5 Å². The Morgan fingerprint density at radius 1 is 1.29 bits per heavy atom. The van der Waals surface area contributed by atoms with Gasteiger partial charge in [0, 0.05) is 19.6 Å². The molecule has 0 radical (unpaired) electrons. The van der Waals surface area contributed by atoms with Gasteiger partial charge in [0.2, 0.25) is 0 Å². The summed E-state index contributed by atoms with van der Waals surface area (Å²) in [6.07, 6.45) is 0. The molecular formula is C14H22N2O. The van der Waals surface area contributed by atoms with Crippen LogP contribution < -0.4 is 5.32 Å². The van der Waals surface area contributed by atoms with E-state index in [2.05, 4.69) is 42.4 Å². The highest BCUT2D eigenvalue weighted by Crippen LogP contribution is 2.21. The first-order valence-corrected chi connectivity index (χ1v) is 6.37. The predicted octanol–water partition coefficient (Wildman–Crippen LogP) is 1.76. The summed E-state index contributed by atoms with van der Waals surface area (Å²) >= 11 is 0. The van der Waals surface area contributed by atoms with Crippen LogP contribution in [-0.4, -0.2) is 31.6 Å². The summed E-state index contributed by atoms with van der Waals surface area (Å²) in [4.78, 5) is 2.35. The molecule has 1 aliphatic rings. The van der Waals surface area contributed by atoms with Crippen molar-refractivity contribution in [3.63, 3.8) is 0 Å². The lowest BCUT2D eigenvalue weighted by Crippen LogP contribution is -2.28. The van der Waals surface area contributed by atoms with Crippen LogP contribution in [0.25, 0.3) is 0 Å². The van der Waals surface area contributed by atoms with Crippen LogP contribution in [-0.2, 0) is 24.5 Å². The molecule has 0 saturated carbocycles. The molecule has 3 heteroatoms. The lowest BCUT2D eigenvalue weighted by molar-refractivity contribution is 0.134. The van der Waals surface area contributed by atoms with E-state index in [1.54, 1.807) is 0 Å². The van der Waals surface area contributed by atoms with Crippen LogP contribution in [0.4, 0.5) is 0 Å². The average Bonchev–Trinajstić information content (AvgIpc) is 2.76. The van der Waals surface area contributed by atoms with Crippen LogP contribution in [0.2, 0.25) is 0 Å². The van der Waals surface area contributed by atoms with Crippen molar-refractivity contribution in [3.8, 4) is 0 Å². The van der Waals surface area contributed by atoms with Gasteiger partial charge < -0.3 is 15.0 Å². The van der Waals surface area contributed by atoms with Crippen molar-refractivity contribution < 1.29 is 4.74 Å². The lowest BCUT2D eigenvalue weighted by atomic mass is 10.1. The molecule has 0 aliphatic carbocycles. The minimum Gasteiger partial charge on any atom is -0.372 e. The molecule has 94 valence electrons. The van der Waals surface area contributed by atoms with Gasteiger partial charge in [-0.15, -0.1) is 0 Å². The van der Waals surface area contributed by atoms with Gasteiger partial charge in [0.05, 0.1) is 13.2 Å². The fraction of sp³-hybridized carbons (Fsp3) is 0.571. The minimum absolute atomic E-state index is 0.782. The summed E-state index contributed by atoms with van der Waals surface area (Å²) in [5, 5.41) is 3.34. The van der Waals surface area contributed by atoms with Crippen molar-refractivity contribution in [1.29, 1.82) is 0 Å². The predicted molar refractivity (Wildman–Crippen MR) is 69.8 cm³/mol. The quantitative estimate of drug-likeness (QED) is 0.759. The highest BCUT2D eigenvalue weighted by atomic mass is 16.5. The van der Waals surface area contributed by atoms with Crippen LogP contribution >= 0.6 is 0 Å². The highest BCUT2D eigenvalue weighted by Gasteiger charge is 2.11. The number of fused-ring (bicyclic) bond motifs is 1. The summed E-state index contributed by atoms with van der Waals surface area (Å²) in [5.74, 6) is 0. The molecule has 2 rings (SSSR count). The summed E-state index contributed by atoms with van der Waals surface area (Å²) in [6, 6.07) is 6.71. The molecule has 0 bridgehead atoms. The van der Waals surface area contributed by atoms with E-state index in [1.807, 2.05) is 0 Å². The number of benzene rings is 1. The van der Waals surface area contributed by atoms with Crippen LogP contribution in [0.1, 0.15) is 23.6 Å². The number of nitrogens with one attached hydrogen (secondary N) is 1. The molecule has 1 aromatic carbocycles. The Bertz CT molecular complexity index is 365. The maximum absolute atomic E-state index is 5.43. The van der Waals surface area contributed by atoms with E-state index >= 15 is 0 Å². The first-order chi connectivity index (χ1) is 8.29. The molecule has 0 fully saturated rings. The largest absolute Gasteiger partial charge is 0.372 e. The van der Waals surface area contributed by atoms with Gasteiger partial charge >= 0.3 is 0 Å². The van der Waals surface area contributed by atoms with Gasteiger partial charge in [-0.1, -0.05) is 25.1 Å². The Labute approximate surface area is 104 Å². The van der Waals surface area contributed by atoms with E-state index in [1.165, 1.54) is 16.7 Å². The van der Waals surface area contributed by atoms with Gasteiger partial charge in [-0.2, -0.15) is 0 Å². The van der Waals surface area contributed by atoms with Gasteiger partial charge in [0.25, 0.3) is 0 Å². The SMILES string of the molecule is CCNCCN(C)Cc1ccc2c(c1)COC2. The molecule has 1 N–H and O–H groups in total. The molecule has 0 spiro atoms. The van der Waals surface area contributed by atoms with Crippen molar-refractivity contribution >= 4 is 0 Å². The molecule has 0 saturated heterocycles. The lowest BCUT2D eigenvalue weighted by Gasteiger charge is -2.17. The van der Waals surface area contributed by atoms with Crippen molar-refractivity contribution in [2.24, 2.45) is 0 Å². The molecule has 0 amide bonds. The van der Waals surface area contributed by atoms with E-state index in [4.69, 9.17) is 4.74 Å². The minimum atomic E-state index is 0.782. The van der Waals surface area contributed by atoms with Gasteiger partial charge in [-0.25, -0.2) is 0 Å². The Balaban J connectivity index is 1.86. The van der Waals surface area contributed by atoms with Crippen LogP contribution in [0.15, 0.2) is 18.2 Å². The van der Waals surface area contributed by atoms with E-state index in [0.29, 0.717) is 0 Å². The monoisotopic (exact) mass is 234 g/mol. The smallest absolute Gasteiger partial charge is 0.0725 e. The summed E-state index contributed by atoms with van der Waals surface area (Å²) in [5.41, 5.74) is 4.10. The molecule has 1 aliphatic heterocycles. The third-order valence-corrected chi connectivity index (χ3v) is 3.16. The molecule has 1 heterocycles. The van der Waals surface area contributed by atoms with Crippen LogP contribution in [0.5, 0.6) is 0 Å². The number of rotatable bonds is 6. The Morgan fingerprint density at radius 3 is 2.94 bits per heavy atom. The van der Waals surface area contributed by atoms with Crippen molar-refractivity contribution in [2.45, 2.75) is 26.7 Å². The van der Waals surface area contributed by atoms with Crippen molar-refractivity contribution in [2.75, 3.05) is 26.7 Å². The average molecular weight is 234 g/mol. The normalized spacial score (nSPS) is 14.3. The van der Waals surface area contributed by atoms with E-state index in [0.717, 1.165) is 39.4 Å². The van der Waals surface area contributed by atoms with Crippen LogP contribution in [0.3, 0.4) is 0 Å². The van der Waals surface area contributed by atoms with E-state index in [9.17, 15) is 0 Å². The van der Waals surface area contributed by atoms with Gasteiger partial charge in [-0.05, 0) is 30.3 Å². The standard InChI is InChI=1S/C14H22N2O/c1-3-15-6-7-16(2)9-12-4-5-13-10-17-11-14(13)8-12/h4-5,8,15H,3,6-7,9-11H2,1-2H3. The Hall–Kier alpha value is -0.900. The zero-order chi connectivity index (χ0) is 12.1. The zero-order valence-electron chi connectivity index (χ0n) is 10.8. The third-order valence-electron chi connectivity index (χ3n) is 3.16. The number of likely N-dealkylation sites (N-methyl/N-ethyl adjacent to an activating group) is 2. The van der Waals surface area contributed by atoms with Gasteiger partial charge in [0.15, 0.2) is 0 Å². The molecule has 0 aromatic heterocycles. The second kappa shape index (κ2) is 6.15. The molecule has 0 atom stereocenters.